The number of quaternary nitrogens is 2. The molecular formula is C30H38ClN5O5S2. The van der Waals surface area contributed by atoms with Crippen LogP contribution in [0.4, 0.5) is 0 Å². The molecule has 232 valence electrons. The number of allylic oxidation sites excluding steroid dienone is 1. The van der Waals surface area contributed by atoms with Crippen LogP contribution in [0.15, 0.2) is 46.0 Å². The molecule has 2 amide bonds. The van der Waals surface area contributed by atoms with Crippen LogP contribution in [0.25, 0.3) is 10.2 Å². The summed E-state index contributed by atoms with van der Waals surface area (Å²) in [6.07, 6.45) is 3.86. The number of thiazole rings is 1. The van der Waals surface area contributed by atoms with Gasteiger partial charge in [0.2, 0.25) is 5.91 Å². The number of rotatable bonds is 11. The van der Waals surface area contributed by atoms with Crippen molar-refractivity contribution < 1.29 is 46.0 Å². The molecule has 5 aliphatic rings. The second-order valence-electron chi connectivity index (χ2n) is 12.5. The van der Waals surface area contributed by atoms with Gasteiger partial charge in [-0.3, -0.25) is 9.59 Å². The molecule has 1 aromatic carbocycles. The fraction of sp³-hybridized carbons (Fsp3) is 0.533. The number of aliphatic carboxylic acids is 1. The molecule has 2 aromatic rings. The molecule has 6 heterocycles. The number of β-lactam (4-membered cyclic amide) rings is 1. The highest BCUT2D eigenvalue weighted by atomic mass is 35.5. The van der Waals surface area contributed by atoms with Crippen molar-refractivity contribution in [3.8, 4) is 0 Å². The number of halogens is 1. The Morgan fingerprint density at radius 2 is 1.91 bits per heavy atom. The summed E-state index contributed by atoms with van der Waals surface area (Å²) in [5.41, 5.74) is 8.29. The molecule has 3 N–H and O–H groups in total. The van der Waals surface area contributed by atoms with E-state index in [0.29, 0.717) is 17.9 Å². The quantitative estimate of drug-likeness (QED) is 0.156. The van der Waals surface area contributed by atoms with Crippen molar-refractivity contribution in [2.75, 3.05) is 58.1 Å². The smallest absolute Gasteiger partial charge is 0.272 e. The number of nitrogens with zero attached hydrogens (tertiary/aromatic N) is 4. The summed E-state index contributed by atoms with van der Waals surface area (Å²) in [5.74, 6) is -2.09. The number of hydrogen-bond donors (Lipinski definition) is 2. The largest absolute Gasteiger partial charge is 1.00 e. The van der Waals surface area contributed by atoms with E-state index in [2.05, 4.69) is 18.2 Å². The van der Waals surface area contributed by atoms with Crippen molar-refractivity contribution >= 4 is 51.1 Å². The van der Waals surface area contributed by atoms with Crippen LogP contribution in [0.5, 0.6) is 0 Å². The summed E-state index contributed by atoms with van der Waals surface area (Å²) in [7, 11) is 0. The van der Waals surface area contributed by atoms with Gasteiger partial charge < -0.3 is 47.0 Å². The number of aliphatic hydroxyl groups is 1. The molecule has 4 saturated heterocycles. The Balaban J connectivity index is 0.00000368. The first-order valence-electron chi connectivity index (χ1n) is 14.7. The molecule has 43 heavy (non-hydrogen) atoms. The summed E-state index contributed by atoms with van der Waals surface area (Å²) in [6.45, 7) is 11.5. The Morgan fingerprint density at radius 3 is 2.53 bits per heavy atom. The molecule has 0 unspecified atom stereocenters. The number of nitrogens with two attached hydrogens (primary N) is 1. The third-order valence-electron chi connectivity index (χ3n) is 9.96. The molecule has 0 saturated carbocycles. The highest BCUT2D eigenvalue weighted by Gasteiger charge is 2.58. The van der Waals surface area contributed by atoms with Gasteiger partial charge in [0.1, 0.15) is 39.3 Å². The van der Waals surface area contributed by atoms with Gasteiger partial charge in [-0.05, 0) is 30.2 Å². The zero-order valence-electron chi connectivity index (χ0n) is 24.4. The fourth-order valence-corrected chi connectivity index (χ4v) is 9.36. The predicted molar refractivity (Wildman–Crippen MR) is 159 cm³/mol. The molecule has 0 aliphatic carbocycles. The standard InChI is InChI=1S/C30H37N5O5S2.ClH/c1-18-21(27(29(39)40)33-26(18)25(19(2)36)28(33)38)4-3-15-41-30-32-22-16-20(5-6-23(22)42-30)7-8-34-9-12-35(13-10-34,14-11-34)17-24(31)37;/h3-6,16,18-19,25-26,36H,7-15,17H2,1-2H3,(H-2,31,37,39,40);1H/b4-3+;/t18-,19+,25+,26+,34?,35?;/m0./s1. The zero-order valence-corrected chi connectivity index (χ0v) is 26.8. The van der Waals surface area contributed by atoms with E-state index < -0.39 is 18.0 Å². The van der Waals surface area contributed by atoms with Gasteiger partial charge in [-0.15, -0.1) is 11.3 Å². The predicted octanol–water partition coefficient (Wildman–Crippen LogP) is -2.50. The summed E-state index contributed by atoms with van der Waals surface area (Å²) in [6, 6.07) is 6.21. The minimum Gasteiger partial charge on any atom is -1.00 e. The Hall–Kier alpha value is -2.48. The van der Waals surface area contributed by atoms with E-state index in [1.54, 1.807) is 36.1 Å². The first-order chi connectivity index (χ1) is 20.0. The first kappa shape index (κ1) is 31.9. The van der Waals surface area contributed by atoms with E-state index in [4.69, 9.17) is 10.7 Å². The fourth-order valence-electron chi connectivity index (χ4n) is 7.48. The van der Waals surface area contributed by atoms with Gasteiger partial charge in [0.25, 0.3) is 5.91 Å². The summed E-state index contributed by atoms with van der Waals surface area (Å²) < 4.78 is 4.08. The van der Waals surface area contributed by atoms with Gasteiger partial charge >= 0.3 is 0 Å². The van der Waals surface area contributed by atoms with E-state index in [1.165, 1.54) is 10.5 Å². The maximum absolute atomic E-state index is 12.5. The Morgan fingerprint density at radius 1 is 1.23 bits per heavy atom. The van der Waals surface area contributed by atoms with Gasteiger partial charge in [-0.25, -0.2) is 4.98 Å². The molecule has 0 radical (unpaired) electrons. The van der Waals surface area contributed by atoms with Crippen LogP contribution in [-0.2, 0) is 20.8 Å². The zero-order chi connectivity index (χ0) is 29.8. The number of primary amides is 1. The number of thioether (sulfide) groups is 1. The number of fused-ring (bicyclic) bond motifs is 5. The van der Waals surface area contributed by atoms with Crippen molar-refractivity contribution in [3.05, 3.63) is 47.2 Å². The van der Waals surface area contributed by atoms with E-state index in [-0.39, 0.29) is 41.9 Å². The normalized spacial score (nSPS) is 30.4. The van der Waals surface area contributed by atoms with Crippen LogP contribution in [0, 0.1) is 11.8 Å². The van der Waals surface area contributed by atoms with Gasteiger partial charge in [-0.2, -0.15) is 0 Å². The number of carbonyl (C=O) groups excluding carboxylic acids is 3. The van der Waals surface area contributed by atoms with Gasteiger partial charge in [0.15, 0.2) is 10.9 Å². The topological polar surface area (TPSA) is 137 Å². The highest BCUT2D eigenvalue weighted by Crippen LogP contribution is 2.47. The third-order valence-corrected chi connectivity index (χ3v) is 12.1. The number of hydrogen-bond acceptors (Lipinski definition) is 8. The number of benzene rings is 1. The molecular weight excluding hydrogens is 610 g/mol. The number of aliphatic hydroxyl groups excluding tert-OH is 1. The average Bonchev–Trinajstić information content (AvgIpc) is 3.46. The van der Waals surface area contributed by atoms with Crippen molar-refractivity contribution in [3.63, 3.8) is 0 Å². The maximum atomic E-state index is 12.5. The van der Waals surface area contributed by atoms with Crippen molar-refractivity contribution in [2.24, 2.45) is 17.6 Å². The number of amides is 2. The Bertz CT molecular complexity index is 1480. The molecule has 1 aromatic heterocycles. The molecule has 4 fully saturated rings. The lowest BCUT2D eigenvalue weighted by molar-refractivity contribution is -1.08. The SMILES string of the molecule is C[C@@H](O)[C@H]1C(=O)N2C(C(=O)[O-])=C(/C=C/CSc3nc4cc(CC[N+]56CC[N+](CC(N)=O)(CC5)CC6)ccc4s3)[C@H](C)[C@H]12.[Cl-]. The lowest BCUT2D eigenvalue weighted by Crippen LogP contribution is -3.00. The average molecular weight is 648 g/mol. The highest BCUT2D eigenvalue weighted by molar-refractivity contribution is 8.01. The number of carboxylic acid groups (broad SMARTS) is 1. The van der Waals surface area contributed by atoms with E-state index in [1.807, 2.05) is 13.0 Å². The van der Waals surface area contributed by atoms with Crippen LogP contribution >= 0.6 is 23.1 Å². The Labute approximate surface area is 265 Å². The van der Waals surface area contributed by atoms with Gasteiger partial charge in [0.05, 0.1) is 46.5 Å². The summed E-state index contributed by atoms with van der Waals surface area (Å²) in [4.78, 5) is 42.1. The summed E-state index contributed by atoms with van der Waals surface area (Å²) >= 11 is 3.24. The van der Waals surface area contributed by atoms with Crippen LogP contribution in [0.2, 0.25) is 0 Å². The number of piperazine rings is 3. The molecule has 10 nitrogen and oxygen atoms in total. The second-order valence-corrected chi connectivity index (χ2v) is 14.8. The van der Waals surface area contributed by atoms with E-state index in [9.17, 15) is 24.6 Å². The molecule has 7 rings (SSSR count). The van der Waals surface area contributed by atoms with Crippen molar-refractivity contribution in [2.45, 2.75) is 36.8 Å². The lowest BCUT2D eigenvalue weighted by Gasteiger charge is -2.55. The van der Waals surface area contributed by atoms with Crippen LogP contribution in [0.1, 0.15) is 19.4 Å². The number of carbonyl (C=O) groups is 3. The van der Waals surface area contributed by atoms with Crippen molar-refractivity contribution in [1.82, 2.24) is 9.88 Å². The first-order valence-corrected chi connectivity index (χ1v) is 16.5. The molecule has 2 bridgehead atoms. The monoisotopic (exact) mass is 647 g/mol. The second kappa shape index (κ2) is 12.1. The maximum Gasteiger partial charge on any atom is 0.272 e. The van der Waals surface area contributed by atoms with Crippen LogP contribution in [0.3, 0.4) is 0 Å². The van der Waals surface area contributed by atoms with Crippen LogP contribution < -0.4 is 23.2 Å². The molecule has 13 heteroatoms. The van der Waals surface area contributed by atoms with Gasteiger partial charge in [-0.1, -0.05) is 36.9 Å². The lowest BCUT2D eigenvalue weighted by atomic mass is 9.78. The number of aromatic nitrogens is 1. The van der Waals surface area contributed by atoms with Gasteiger partial charge in [0, 0.05) is 18.1 Å². The van der Waals surface area contributed by atoms with Crippen LogP contribution in [-0.4, -0.2) is 112 Å². The third kappa shape index (κ3) is 5.85. The molecule has 5 aliphatic heterocycles. The minimum atomic E-state index is -1.36. The van der Waals surface area contributed by atoms with E-state index in [0.717, 1.165) is 75.8 Å². The van der Waals surface area contributed by atoms with Crippen molar-refractivity contribution in [1.29, 1.82) is 0 Å². The Kier molecular flexibility index (Phi) is 9.01. The minimum absolute atomic E-state index is 0. The molecule has 0 spiro atoms. The van der Waals surface area contributed by atoms with E-state index >= 15 is 0 Å². The number of carboxylic acids is 1. The summed E-state index contributed by atoms with van der Waals surface area (Å²) in [5, 5.41) is 21.9. The molecule has 4 atom stereocenters.